The first kappa shape index (κ1) is 14.8. The third-order valence-corrected chi connectivity index (χ3v) is 4.21. The Balaban J connectivity index is 1.93. The molecule has 22 heavy (non-hydrogen) atoms. The number of para-hydroxylation sites is 1. The number of nitrogens with zero attached hydrogens (tertiary/aromatic N) is 3. The zero-order valence-electron chi connectivity index (χ0n) is 12.8. The number of rotatable bonds is 4. The number of carboxylic acids is 1. The van der Waals surface area contributed by atoms with E-state index in [2.05, 4.69) is 16.9 Å². The fourth-order valence-electron chi connectivity index (χ4n) is 3.14. The van der Waals surface area contributed by atoms with Gasteiger partial charge in [0.15, 0.2) is 0 Å². The zero-order chi connectivity index (χ0) is 15.5. The summed E-state index contributed by atoms with van der Waals surface area (Å²) in [5.74, 6) is -0.252. The number of aromatic carboxylic acids is 1. The number of hydrogen-bond acceptors (Lipinski definition) is 3. The molecule has 0 aliphatic carbocycles. The third kappa shape index (κ3) is 3.04. The Hall–Kier alpha value is -2.14. The van der Waals surface area contributed by atoms with Crippen LogP contribution in [0.1, 0.15) is 35.8 Å². The lowest BCUT2D eigenvalue weighted by Gasteiger charge is -2.31. The molecule has 1 aliphatic heterocycles. The van der Waals surface area contributed by atoms with E-state index < -0.39 is 5.97 Å². The summed E-state index contributed by atoms with van der Waals surface area (Å²) in [4.78, 5) is 13.8. The number of carbonyl (C=O) groups is 1. The molecule has 1 N–H and O–H groups in total. The molecule has 1 unspecified atom stereocenters. The van der Waals surface area contributed by atoms with Crippen molar-refractivity contribution in [1.82, 2.24) is 14.7 Å². The van der Waals surface area contributed by atoms with Gasteiger partial charge in [-0.3, -0.25) is 4.90 Å². The predicted molar refractivity (Wildman–Crippen MR) is 84.2 cm³/mol. The Labute approximate surface area is 130 Å². The smallest absolute Gasteiger partial charge is 0.339 e. The van der Waals surface area contributed by atoms with Gasteiger partial charge in [0, 0.05) is 13.1 Å². The molecule has 5 nitrogen and oxygen atoms in total. The average molecular weight is 299 g/mol. The first-order valence-corrected chi connectivity index (χ1v) is 7.73. The van der Waals surface area contributed by atoms with Crippen molar-refractivity contribution in [3.63, 3.8) is 0 Å². The first-order valence-electron chi connectivity index (χ1n) is 7.73. The molecule has 1 fully saturated rings. The van der Waals surface area contributed by atoms with Crippen LogP contribution in [0.2, 0.25) is 0 Å². The van der Waals surface area contributed by atoms with Gasteiger partial charge in [0.1, 0.15) is 5.56 Å². The molecule has 0 radical (unpaired) electrons. The van der Waals surface area contributed by atoms with Gasteiger partial charge in [0.05, 0.1) is 17.6 Å². The van der Waals surface area contributed by atoms with Gasteiger partial charge in [-0.1, -0.05) is 25.1 Å². The van der Waals surface area contributed by atoms with Gasteiger partial charge in [-0.15, -0.1) is 0 Å². The molecule has 0 saturated carbocycles. The van der Waals surface area contributed by atoms with Crippen LogP contribution in [0.3, 0.4) is 0 Å². The fraction of sp³-hybridized carbons (Fsp3) is 0.412. The van der Waals surface area contributed by atoms with E-state index in [1.165, 1.54) is 19.0 Å². The minimum Gasteiger partial charge on any atom is -0.478 e. The Morgan fingerprint density at radius 3 is 2.82 bits per heavy atom. The van der Waals surface area contributed by atoms with Gasteiger partial charge < -0.3 is 5.11 Å². The number of benzene rings is 1. The summed E-state index contributed by atoms with van der Waals surface area (Å²) in [5.41, 5.74) is 1.95. The maximum absolute atomic E-state index is 11.5. The Morgan fingerprint density at radius 1 is 1.36 bits per heavy atom. The lowest BCUT2D eigenvalue weighted by atomic mass is 10.00. The lowest BCUT2D eigenvalue weighted by molar-refractivity contribution is 0.0693. The van der Waals surface area contributed by atoms with Crippen molar-refractivity contribution in [1.29, 1.82) is 0 Å². The predicted octanol–water partition coefficient (Wildman–Crippen LogP) is 2.80. The Bertz CT molecular complexity index is 651. The molecule has 2 aromatic rings. The molecule has 1 saturated heterocycles. The minimum atomic E-state index is -0.915. The monoisotopic (exact) mass is 299 g/mol. The molecule has 0 amide bonds. The van der Waals surface area contributed by atoms with Gasteiger partial charge in [0.2, 0.25) is 0 Å². The Kier molecular flexibility index (Phi) is 4.24. The third-order valence-electron chi connectivity index (χ3n) is 4.21. The van der Waals surface area contributed by atoms with Gasteiger partial charge in [-0.2, -0.15) is 5.10 Å². The van der Waals surface area contributed by atoms with Crippen molar-refractivity contribution in [3.8, 4) is 5.69 Å². The highest BCUT2D eigenvalue weighted by atomic mass is 16.4. The van der Waals surface area contributed by atoms with Crippen LogP contribution in [-0.4, -0.2) is 38.8 Å². The summed E-state index contributed by atoms with van der Waals surface area (Å²) in [5, 5.41) is 13.7. The van der Waals surface area contributed by atoms with Crippen molar-refractivity contribution in [2.24, 2.45) is 5.92 Å². The Morgan fingerprint density at radius 2 is 2.14 bits per heavy atom. The molecule has 116 valence electrons. The molecular weight excluding hydrogens is 278 g/mol. The molecule has 2 heterocycles. The van der Waals surface area contributed by atoms with Crippen LogP contribution in [-0.2, 0) is 6.54 Å². The van der Waals surface area contributed by atoms with Crippen molar-refractivity contribution in [2.45, 2.75) is 26.3 Å². The van der Waals surface area contributed by atoms with Crippen LogP contribution in [0.15, 0.2) is 36.5 Å². The molecular formula is C17H21N3O2. The van der Waals surface area contributed by atoms with E-state index >= 15 is 0 Å². The highest BCUT2D eigenvalue weighted by Gasteiger charge is 2.23. The van der Waals surface area contributed by atoms with Crippen molar-refractivity contribution >= 4 is 5.97 Å². The summed E-state index contributed by atoms with van der Waals surface area (Å²) < 4.78 is 1.75. The standard InChI is InChI=1S/C17H21N3O2/c1-13-6-5-9-19(11-13)12-16-15(17(21)22)10-18-20(16)14-7-3-2-4-8-14/h2-4,7-8,10,13H,5-6,9,11-12H2,1H3,(H,21,22). The summed E-state index contributed by atoms with van der Waals surface area (Å²) >= 11 is 0. The van der Waals surface area contributed by atoms with E-state index in [0.29, 0.717) is 18.0 Å². The van der Waals surface area contributed by atoms with E-state index in [1.54, 1.807) is 4.68 Å². The SMILES string of the molecule is CC1CCCN(Cc2c(C(=O)O)cnn2-c2ccccc2)C1. The van der Waals surface area contributed by atoms with E-state index in [9.17, 15) is 9.90 Å². The van der Waals surface area contributed by atoms with Crippen LogP contribution >= 0.6 is 0 Å². The summed E-state index contributed by atoms with van der Waals surface area (Å²) in [6, 6.07) is 9.70. The maximum atomic E-state index is 11.5. The first-order chi connectivity index (χ1) is 10.6. The van der Waals surface area contributed by atoms with Crippen LogP contribution < -0.4 is 0 Å². The second-order valence-electron chi connectivity index (χ2n) is 6.04. The van der Waals surface area contributed by atoms with Crippen molar-refractivity contribution < 1.29 is 9.90 Å². The van der Waals surface area contributed by atoms with E-state index in [-0.39, 0.29) is 0 Å². The van der Waals surface area contributed by atoms with Crippen LogP contribution in [0, 0.1) is 5.92 Å². The molecule has 1 aromatic carbocycles. The van der Waals surface area contributed by atoms with E-state index in [0.717, 1.165) is 24.5 Å². The minimum absolute atomic E-state index is 0.294. The topological polar surface area (TPSA) is 58.4 Å². The second kappa shape index (κ2) is 6.32. The number of carboxylic acid groups (broad SMARTS) is 1. The normalized spacial score (nSPS) is 19.2. The fourth-order valence-corrected chi connectivity index (χ4v) is 3.14. The van der Waals surface area contributed by atoms with Crippen molar-refractivity contribution in [2.75, 3.05) is 13.1 Å². The molecule has 0 spiro atoms. The van der Waals surface area contributed by atoms with Gasteiger partial charge in [0.25, 0.3) is 0 Å². The van der Waals surface area contributed by atoms with Crippen molar-refractivity contribution in [3.05, 3.63) is 47.8 Å². The summed E-state index contributed by atoms with van der Waals surface area (Å²) in [6.45, 7) is 4.90. The lowest BCUT2D eigenvalue weighted by Crippen LogP contribution is -2.34. The van der Waals surface area contributed by atoms with Crippen LogP contribution in [0.4, 0.5) is 0 Å². The number of hydrogen-bond donors (Lipinski definition) is 1. The van der Waals surface area contributed by atoms with Crippen LogP contribution in [0.5, 0.6) is 0 Å². The van der Waals surface area contributed by atoms with Gasteiger partial charge in [-0.05, 0) is 37.4 Å². The highest BCUT2D eigenvalue weighted by molar-refractivity contribution is 5.88. The number of likely N-dealkylation sites (tertiary alicyclic amines) is 1. The molecule has 0 bridgehead atoms. The quantitative estimate of drug-likeness (QED) is 0.943. The number of piperidine rings is 1. The van der Waals surface area contributed by atoms with Gasteiger partial charge in [-0.25, -0.2) is 9.48 Å². The molecule has 5 heteroatoms. The van der Waals surface area contributed by atoms with E-state index in [1.807, 2.05) is 30.3 Å². The summed E-state index contributed by atoms with van der Waals surface area (Å²) in [7, 11) is 0. The number of aromatic nitrogens is 2. The second-order valence-corrected chi connectivity index (χ2v) is 6.04. The van der Waals surface area contributed by atoms with E-state index in [4.69, 9.17) is 0 Å². The molecule has 1 atom stereocenters. The highest BCUT2D eigenvalue weighted by Crippen LogP contribution is 2.21. The molecule has 1 aliphatic rings. The maximum Gasteiger partial charge on any atom is 0.339 e. The average Bonchev–Trinajstić information content (AvgIpc) is 2.92. The summed E-state index contributed by atoms with van der Waals surface area (Å²) in [6.07, 6.45) is 3.88. The largest absolute Gasteiger partial charge is 0.478 e. The molecule has 1 aromatic heterocycles. The van der Waals surface area contributed by atoms with Crippen LogP contribution in [0.25, 0.3) is 5.69 Å². The zero-order valence-corrected chi connectivity index (χ0v) is 12.8. The van der Waals surface area contributed by atoms with Gasteiger partial charge >= 0.3 is 5.97 Å². The molecule has 3 rings (SSSR count).